The van der Waals surface area contributed by atoms with Crippen molar-refractivity contribution in [1.29, 1.82) is 5.26 Å². The molecule has 0 atom stereocenters. The Bertz CT molecular complexity index is 706. The Kier molecular flexibility index (Phi) is 6.46. The Balaban J connectivity index is 1.41. The molecule has 1 aromatic rings. The van der Waals surface area contributed by atoms with E-state index in [-0.39, 0.29) is 6.09 Å². The van der Waals surface area contributed by atoms with E-state index in [9.17, 15) is 4.79 Å². The number of nitriles is 1. The van der Waals surface area contributed by atoms with Crippen molar-refractivity contribution in [1.82, 2.24) is 9.80 Å². The van der Waals surface area contributed by atoms with Crippen LogP contribution in [0.4, 0.5) is 10.5 Å². The first-order valence-corrected chi connectivity index (χ1v) is 10.3. The summed E-state index contributed by atoms with van der Waals surface area (Å²) in [7, 11) is 0. The number of ether oxygens (including phenoxy) is 1. The van der Waals surface area contributed by atoms with E-state index < -0.39 is 5.60 Å². The van der Waals surface area contributed by atoms with Gasteiger partial charge in [-0.15, -0.1) is 0 Å². The van der Waals surface area contributed by atoms with Gasteiger partial charge in [0.05, 0.1) is 11.6 Å². The normalized spacial score (nSPS) is 19.4. The van der Waals surface area contributed by atoms with Gasteiger partial charge in [-0.25, -0.2) is 4.79 Å². The number of carbonyl (C=O) groups is 1. The van der Waals surface area contributed by atoms with Gasteiger partial charge in [0.1, 0.15) is 5.60 Å². The number of rotatable bonds is 3. The number of anilines is 1. The van der Waals surface area contributed by atoms with Crippen LogP contribution in [0.5, 0.6) is 0 Å². The maximum atomic E-state index is 12.2. The van der Waals surface area contributed by atoms with Crippen molar-refractivity contribution < 1.29 is 9.53 Å². The lowest BCUT2D eigenvalue weighted by Crippen LogP contribution is -2.49. The zero-order valence-corrected chi connectivity index (χ0v) is 17.4. The van der Waals surface area contributed by atoms with Crippen molar-refractivity contribution in [3.8, 4) is 6.07 Å². The Morgan fingerprint density at radius 2 is 1.82 bits per heavy atom. The molecule has 0 N–H and O–H groups in total. The average molecular weight is 385 g/mol. The highest BCUT2D eigenvalue weighted by Crippen LogP contribution is 2.23. The highest BCUT2D eigenvalue weighted by Gasteiger charge is 2.28. The molecule has 1 aromatic carbocycles. The standard InChI is InChI=1S/C22H32N4O2/c1-22(2,3)28-21(27)26-9-7-18(8-10-26)17-24-11-13-25(14-12-24)20-6-4-5-19(15-20)16-23/h4-6,15,18H,7-14,17H2,1-3H3. The van der Waals surface area contributed by atoms with Gasteiger partial charge < -0.3 is 14.5 Å². The summed E-state index contributed by atoms with van der Waals surface area (Å²) >= 11 is 0. The van der Waals surface area contributed by atoms with Crippen LogP contribution >= 0.6 is 0 Å². The van der Waals surface area contributed by atoms with Crippen LogP contribution in [0, 0.1) is 17.2 Å². The molecule has 2 fully saturated rings. The van der Waals surface area contributed by atoms with Crippen LogP contribution in [0.25, 0.3) is 0 Å². The van der Waals surface area contributed by atoms with E-state index in [4.69, 9.17) is 10.00 Å². The van der Waals surface area contributed by atoms with Crippen LogP contribution in [-0.4, -0.2) is 67.3 Å². The second kappa shape index (κ2) is 8.83. The van der Waals surface area contributed by atoms with Gasteiger partial charge in [-0.05, 0) is 57.7 Å². The second-order valence-corrected chi connectivity index (χ2v) is 8.86. The molecule has 2 saturated heterocycles. The molecule has 0 bridgehead atoms. The van der Waals surface area contributed by atoms with Crippen LogP contribution in [0.3, 0.4) is 0 Å². The fraction of sp³-hybridized carbons (Fsp3) is 0.636. The SMILES string of the molecule is CC(C)(C)OC(=O)N1CCC(CN2CCN(c3cccc(C#N)c3)CC2)CC1. The zero-order valence-electron chi connectivity index (χ0n) is 17.4. The maximum absolute atomic E-state index is 12.2. The van der Waals surface area contributed by atoms with E-state index in [0.29, 0.717) is 5.92 Å². The highest BCUT2D eigenvalue weighted by molar-refractivity contribution is 5.68. The van der Waals surface area contributed by atoms with Gasteiger partial charge in [0.15, 0.2) is 0 Å². The quantitative estimate of drug-likeness (QED) is 0.800. The van der Waals surface area contributed by atoms with Gasteiger partial charge in [-0.2, -0.15) is 5.26 Å². The van der Waals surface area contributed by atoms with Crippen molar-refractivity contribution in [2.45, 2.75) is 39.2 Å². The molecule has 6 nitrogen and oxygen atoms in total. The number of amides is 1. The van der Waals surface area contributed by atoms with Gasteiger partial charge in [-0.3, -0.25) is 4.90 Å². The van der Waals surface area contributed by atoms with Gasteiger partial charge >= 0.3 is 6.09 Å². The molecule has 152 valence electrons. The summed E-state index contributed by atoms with van der Waals surface area (Å²) in [5, 5.41) is 9.08. The summed E-state index contributed by atoms with van der Waals surface area (Å²) in [6.07, 6.45) is 1.91. The molecule has 6 heteroatoms. The van der Waals surface area contributed by atoms with Crippen molar-refractivity contribution in [3.05, 3.63) is 29.8 Å². The smallest absolute Gasteiger partial charge is 0.410 e. The summed E-state index contributed by atoms with van der Waals surface area (Å²) in [6, 6.07) is 10.1. The summed E-state index contributed by atoms with van der Waals surface area (Å²) in [5.41, 5.74) is 1.43. The van der Waals surface area contributed by atoms with Crippen LogP contribution in [0.1, 0.15) is 39.2 Å². The molecule has 28 heavy (non-hydrogen) atoms. The van der Waals surface area contributed by atoms with Crippen molar-refractivity contribution in [2.75, 3.05) is 50.7 Å². The summed E-state index contributed by atoms with van der Waals surface area (Å²) in [6.45, 7) is 12.5. The third-order valence-corrected chi connectivity index (χ3v) is 5.50. The van der Waals surface area contributed by atoms with Crippen molar-refractivity contribution >= 4 is 11.8 Å². The van der Waals surface area contributed by atoms with E-state index in [1.807, 2.05) is 43.9 Å². The van der Waals surface area contributed by atoms with Gasteiger partial charge in [0, 0.05) is 51.5 Å². The fourth-order valence-electron chi connectivity index (χ4n) is 3.95. The third kappa shape index (κ3) is 5.62. The predicted octanol–water partition coefficient (Wildman–Crippen LogP) is 3.33. The highest BCUT2D eigenvalue weighted by atomic mass is 16.6. The van der Waals surface area contributed by atoms with E-state index in [1.165, 1.54) is 0 Å². The number of piperidine rings is 1. The first kappa shape index (κ1) is 20.5. The summed E-state index contributed by atoms with van der Waals surface area (Å²) in [5.74, 6) is 0.646. The molecule has 1 amide bonds. The van der Waals surface area contributed by atoms with E-state index in [1.54, 1.807) is 0 Å². The molecule has 0 aliphatic carbocycles. The number of nitrogens with zero attached hydrogens (tertiary/aromatic N) is 4. The Hall–Kier alpha value is -2.26. The van der Waals surface area contributed by atoms with Crippen LogP contribution in [-0.2, 0) is 4.74 Å². The third-order valence-electron chi connectivity index (χ3n) is 5.50. The Labute approximate surface area is 168 Å². The maximum Gasteiger partial charge on any atom is 0.410 e. The number of piperazine rings is 1. The summed E-state index contributed by atoms with van der Waals surface area (Å²) < 4.78 is 5.48. The minimum absolute atomic E-state index is 0.181. The first-order chi connectivity index (χ1) is 13.3. The number of likely N-dealkylation sites (tertiary alicyclic amines) is 1. The number of carbonyl (C=O) groups excluding carboxylic acids is 1. The molecule has 0 unspecified atom stereocenters. The van der Waals surface area contributed by atoms with Crippen LogP contribution in [0.15, 0.2) is 24.3 Å². The first-order valence-electron chi connectivity index (χ1n) is 10.3. The number of hydrogen-bond acceptors (Lipinski definition) is 5. The molecule has 2 heterocycles. The topological polar surface area (TPSA) is 59.8 Å². The van der Waals surface area contributed by atoms with E-state index in [0.717, 1.165) is 69.9 Å². The lowest BCUT2D eigenvalue weighted by molar-refractivity contribution is 0.0169. The molecular formula is C22H32N4O2. The zero-order chi connectivity index (χ0) is 20.1. The van der Waals surface area contributed by atoms with Gasteiger partial charge in [0.2, 0.25) is 0 Å². The minimum atomic E-state index is -0.430. The largest absolute Gasteiger partial charge is 0.444 e. The Morgan fingerprint density at radius 1 is 1.14 bits per heavy atom. The van der Waals surface area contributed by atoms with E-state index in [2.05, 4.69) is 21.9 Å². The second-order valence-electron chi connectivity index (χ2n) is 8.86. The lowest BCUT2D eigenvalue weighted by atomic mass is 9.96. The van der Waals surface area contributed by atoms with Gasteiger partial charge in [0.25, 0.3) is 0 Å². The van der Waals surface area contributed by atoms with Gasteiger partial charge in [-0.1, -0.05) is 6.07 Å². The molecule has 0 radical (unpaired) electrons. The van der Waals surface area contributed by atoms with Crippen LogP contribution < -0.4 is 4.90 Å². The molecule has 0 spiro atoms. The van der Waals surface area contributed by atoms with Crippen LogP contribution in [0.2, 0.25) is 0 Å². The minimum Gasteiger partial charge on any atom is -0.444 e. The molecule has 0 aromatic heterocycles. The average Bonchev–Trinajstić information content (AvgIpc) is 2.68. The lowest BCUT2D eigenvalue weighted by Gasteiger charge is -2.39. The molecule has 0 saturated carbocycles. The van der Waals surface area contributed by atoms with Crippen molar-refractivity contribution in [3.63, 3.8) is 0 Å². The van der Waals surface area contributed by atoms with Crippen molar-refractivity contribution in [2.24, 2.45) is 5.92 Å². The van der Waals surface area contributed by atoms with E-state index >= 15 is 0 Å². The number of benzene rings is 1. The number of hydrogen-bond donors (Lipinski definition) is 0. The fourth-order valence-corrected chi connectivity index (χ4v) is 3.95. The summed E-state index contributed by atoms with van der Waals surface area (Å²) in [4.78, 5) is 18.9. The molecular weight excluding hydrogens is 352 g/mol. The molecule has 3 rings (SSSR count). The monoisotopic (exact) mass is 384 g/mol. The Morgan fingerprint density at radius 3 is 2.43 bits per heavy atom. The predicted molar refractivity (Wildman–Crippen MR) is 110 cm³/mol. The molecule has 2 aliphatic rings. The molecule has 2 aliphatic heterocycles.